The molecular weight excluding hydrogens is 150 g/mol. The van der Waals surface area contributed by atoms with Gasteiger partial charge in [0, 0.05) is 17.3 Å². The van der Waals surface area contributed by atoms with Gasteiger partial charge in [-0.15, -0.1) is 0 Å². The lowest BCUT2D eigenvalue weighted by Gasteiger charge is -2.00. The number of hydrogen-bond donors (Lipinski definition) is 1. The molecule has 0 atom stereocenters. The van der Waals surface area contributed by atoms with Crippen LogP contribution in [0.5, 0.6) is 0 Å². The summed E-state index contributed by atoms with van der Waals surface area (Å²) in [7, 11) is 0. The third kappa shape index (κ3) is 0.993. The highest BCUT2D eigenvalue weighted by Crippen LogP contribution is 2.16. The van der Waals surface area contributed by atoms with Gasteiger partial charge in [-0.25, -0.2) is 4.98 Å². The fourth-order valence-electron chi connectivity index (χ4n) is 1.25. The second-order valence-corrected chi connectivity index (χ2v) is 2.72. The average molecular weight is 159 g/mol. The molecule has 2 aromatic rings. The van der Waals surface area contributed by atoms with Crippen LogP contribution >= 0.6 is 0 Å². The molecular formula is C9H9N3. The first kappa shape index (κ1) is 7.03. The molecule has 0 aromatic carbocycles. The highest BCUT2D eigenvalue weighted by Gasteiger charge is 1.99. The van der Waals surface area contributed by atoms with Crippen LogP contribution in [-0.4, -0.2) is 9.97 Å². The highest BCUT2D eigenvalue weighted by atomic mass is 14.9. The molecule has 2 aromatic heterocycles. The van der Waals surface area contributed by atoms with Gasteiger partial charge in [0.1, 0.15) is 11.3 Å². The Bertz CT molecular complexity index is 423. The molecule has 0 saturated carbocycles. The summed E-state index contributed by atoms with van der Waals surface area (Å²) in [6, 6.07) is 5.84. The van der Waals surface area contributed by atoms with Gasteiger partial charge in [-0.2, -0.15) is 0 Å². The number of aromatic nitrogens is 2. The summed E-state index contributed by atoms with van der Waals surface area (Å²) in [5.41, 5.74) is 7.39. The summed E-state index contributed by atoms with van der Waals surface area (Å²) in [6.45, 7) is 1.92. The molecule has 0 bridgehead atoms. The first-order chi connectivity index (χ1) is 5.77. The lowest BCUT2D eigenvalue weighted by atomic mass is 10.2. The van der Waals surface area contributed by atoms with E-state index in [1.54, 1.807) is 6.20 Å². The standard InChI is InChI=1S/C9H9N3/c1-6-5-7-3-2-4-11-8(7)9(10)12-6/h2-5H,1H3,(H2,10,12). The number of nitrogens with zero attached hydrogens (tertiary/aromatic N) is 2. The van der Waals surface area contributed by atoms with Crippen LogP contribution in [0, 0.1) is 6.92 Å². The maximum atomic E-state index is 5.68. The van der Waals surface area contributed by atoms with E-state index >= 15 is 0 Å². The zero-order chi connectivity index (χ0) is 8.55. The molecule has 2 rings (SSSR count). The van der Waals surface area contributed by atoms with E-state index in [4.69, 9.17) is 5.73 Å². The Balaban J connectivity index is 2.89. The van der Waals surface area contributed by atoms with Gasteiger partial charge in [-0.05, 0) is 19.1 Å². The number of fused-ring (bicyclic) bond motifs is 1. The number of rotatable bonds is 0. The number of nitrogens with two attached hydrogens (primary N) is 1. The van der Waals surface area contributed by atoms with Crippen LogP contribution in [0.2, 0.25) is 0 Å². The second kappa shape index (κ2) is 2.44. The Hall–Kier alpha value is -1.64. The normalized spacial score (nSPS) is 10.4. The molecule has 3 heteroatoms. The van der Waals surface area contributed by atoms with Gasteiger partial charge < -0.3 is 5.73 Å². The predicted molar refractivity (Wildman–Crippen MR) is 48.7 cm³/mol. The van der Waals surface area contributed by atoms with Crippen LogP contribution < -0.4 is 5.73 Å². The Morgan fingerprint density at radius 3 is 3.08 bits per heavy atom. The Morgan fingerprint density at radius 2 is 2.25 bits per heavy atom. The van der Waals surface area contributed by atoms with Crippen molar-refractivity contribution in [3.63, 3.8) is 0 Å². The lowest BCUT2D eigenvalue weighted by molar-refractivity contribution is 1.22. The minimum atomic E-state index is 0.505. The van der Waals surface area contributed by atoms with E-state index in [-0.39, 0.29) is 0 Å². The second-order valence-electron chi connectivity index (χ2n) is 2.72. The molecule has 2 heterocycles. The maximum absolute atomic E-state index is 5.68. The Kier molecular flexibility index (Phi) is 1.43. The van der Waals surface area contributed by atoms with E-state index in [0.717, 1.165) is 16.6 Å². The summed E-state index contributed by atoms with van der Waals surface area (Å²) in [4.78, 5) is 8.25. The molecule has 0 aliphatic rings. The van der Waals surface area contributed by atoms with Crippen LogP contribution in [0.15, 0.2) is 24.4 Å². The van der Waals surface area contributed by atoms with Gasteiger partial charge in [0.2, 0.25) is 0 Å². The molecule has 0 spiro atoms. The van der Waals surface area contributed by atoms with Crippen molar-refractivity contribution in [1.29, 1.82) is 0 Å². The summed E-state index contributed by atoms with van der Waals surface area (Å²) in [6.07, 6.45) is 1.72. The number of nitrogen functional groups attached to an aromatic ring is 1. The van der Waals surface area contributed by atoms with E-state index < -0.39 is 0 Å². The SMILES string of the molecule is Cc1cc2cccnc2c(N)n1. The van der Waals surface area contributed by atoms with Crippen molar-refractivity contribution in [2.24, 2.45) is 0 Å². The van der Waals surface area contributed by atoms with Crippen molar-refractivity contribution in [1.82, 2.24) is 9.97 Å². The van der Waals surface area contributed by atoms with Gasteiger partial charge in [-0.1, -0.05) is 6.07 Å². The predicted octanol–water partition coefficient (Wildman–Crippen LogP) is 1.52. The molecule has 3 nitrogen and oxygen atoms in total. The third-order valence-electron chi connectivity index (χ3n) is 1.74. The summed E-state index contributed by atoms with van der Waals surface area (Å²) >= 11 is 0. The summed E-state index contributed by atoms with van der Waals surface area (Å²) < 4.78 is 0. The third-order valence-corrected chi connectivity index (χ3v) is 1.74. The first-order valence-electron chi connectivity index (χ1n) is 3.75. The molecule has 2 N–H and O–H groups in total. The van der Waals surface area contributed by atoms with E-state index in [9.17, 15) is 0 Å². The first-order valence-corrected chi connectivity index (χ1v) is 3.75. The smallest absolute Gasteiger partial charge is 0.150 e. The highest BCUT2D eigenvalue weighted by molar-refractivity contribution is 5.87. The fraction of sp³-hybridized carbons (Fsp3) is 0.111. The van der Waals surface area contributed by atoms with Crippen LogP contribution in [0.3, 0.4) is 0 Å². The van der Waals surface area contributed by atoms with Crippen LogP contribution in [0.4, 0.5) is 5.82 Å². The van der Waals surface area contributed by atoms with Gasteiger partial charge in [0.25, 0.3) is 0 Å². The molecule has 0 fully saturated rings. The van der Waals surface area contributed by atoms with E-state index in [2.05, 4.69) is 9.97 Å². The van der Waals surface area contributed by atoms with Gasteiger partial charge >= 0.3 is 0 Å². The van der Waals surface area contributed by atoms with Crippen LogP contribution in [-0.2, 0) is 0 Å². The van der Waals surface area contributed by atoms with Crippen molar-refractivity contribution in [3.8, 4) is 0 Å². The van der Waals surface area contributed by atoms with Gasteiger partial charge in [0.05, 0.1) is 0 Å². The Labute approximate surface area is 70.3 Å². The maximum Gasteiger partial charge on any atom is 0.150 e. The fourth-order valence-corrected chi connectivity index (χ4v) is 1.25. The monoisotopic (exact) mass is 159 g/mol. The van der Waals surface area contributed by atoms with Crippen LogP contribution in [0.1, 0.15) is 5.69 Å². The van der Waals surface area contributed by atoms with Crippen molar-refractivity contribution in [2.45, 2.75) is 6.92 Å². The molecule has 0 unspecified atom stereocenters. The molecule has 0 radical (unpaired) electrons. The topological polar surface area (TPSA) is 51.8 Å². The van der Waals surface area contributed by atoms with E-state index in [1.165, 1.54) is 0 Å². The zero-order valence-corrected chi connectivity index (χ0v) is 6.78. The largest absolute Gasteiger partial charge is 0.382 e. The van der Waals surface area contributed by atoms with Crippen molar-refractivity contribution in [2.75, 3.05) is 5.73 Å². The minimum Gasteiger partial charge on any atom is -0.382 e. The van der Waals surface area contributed by atoms with Gasteiger partial charge in [0.15, 0.2) is 0 Å². The van der Waals surface area contributed by atoms with Crippen molar-refractivity contribution in [3.05, 3.63) is 30.1 Å². The molecule has 0 saturated heterocycles. The molecule has 0 aliphatic carbocycles. The molecule has 0 amide bonds. The summed E-state index contributed by atoms with van der Waals surface area (Å²) in [5.74, 6) is 0.505. The number of aryl methyl sites for hydroxylation is 1. The van der Waals surface area contributed by atoms with Gasteiger partial charge in [-0.3, -0.25) is 4.98 Å². The van der Waals surface area contributed by atoms with Crippen LogP contribution in [0.25, 0.3) is 10.9 Å². The van der Waals surface area contributed by atoms with Crippen molar-refractivity contribution < 1.29 is 0 Å². The number of pyridine rings is 2. The zero-order valence-electron chi connectivity index (χ0n) is 6.78. The minimum absolute atomic E-state index is 0.505. The average Bonchev–Trinajstić information content (AvgIpc) is 2.04. The van der Waals surface area contributed by atoms with Crippen molar-refractivity contribution >= 4 is 16.7 Å². The summed E-state index contributed by atoms with van der Waals surface area (Å²) in [5, 5.41) is 1.04. The quantitative estimate of drug-likeness (QED) is 0.634. The molecule has 12 heavy (non-hydrogen) atoms. The Morgan fingerprint density at radius 1 is 1.42 bits per heavy atom. The molecule has 60 valence electrons. The van der Waals surface area contributed by atoms with E-state index in [1.807, 2.05) is 25.1 Å². The lowest BCUT2D eigenvalue weighted by Crippen LogP contribution is -1.95. The van der Waals surface area contributed by atoms with E-state index in [0.29, 0.717) is 5.82 Å². The molecule has 0 aliphatic heterocycles. The number of hydrogen-bond acceptors (Lipinski definition) is 3. The number of anilines is 1.